The average Bonchev–Trinajstić information content (AvgIpc) is 2.34. The molecule has 2 rings (SSSR count). The van der Waals surface area contributed by atoms with Gasteiger partial charge >= 0.3 is 0 Å². The quantitative estimate of drug-likeness (QED) is 0.490. The molecule has 2 aliphatic heterocycles. The second kappa shape index (κ2) is 1.97. The maximum Gasteiger partial charge on any atom is 0.114 e. The van der Waals surface area contributed by atoms with Gasteiger partial charge in [0.25, 0.3) is 0 Å². The lowest BCUT2D eigenvalue weighted by atomic mass is 10.3. The van der Waals surface area contributed by atoms with Crippen LogP contribution in [0.5, 0.6) is 0 Å². The molecule has 0 N–H and O–H groups in total. The lowest BCUT2D eigenvalue weighted by Crippen LogP contribution is -2.18. The van der Waals surface area contributed by atoms with Gasteiger partial charge in [0.1, 0.15) is 6.67 Å². The van der Waals surface area contributed by atoms with E-state index < -0.39 is 0 Å². The molecule has 1 fully saturated rings. The van der Waals surface area contributed by atoms with Crippen LogP contribution in [0, 0.1) is 0 Å². The van der Waals surface area contributed by atoms with Crippen molar-refractivity contribution in [1.29, 1.82) is 0 Å². The first-order valence-corrected chi connectivity index (χ1v) is 3.52. The van der Waals surface area contributed by atoms with Crippen LogP contribution in [0.2, 0.25) is 0 Å². The zero-order chi connectivity index (χ0) is 6.97. The third-order valence-electron chi connectivity index (χ3n) is 1.99. The molecule has 0 atom stereocenters. The minimum absolute atomic E-state index is 0.782. The number of hydrogen-bond donors (Lipinski definition) is 0. The largest absolute Gasteiger partial charge is 0.329 e. The Labute approximate surface area is 60.6 Å². The molecule has 0 bridgehead atoms. The lowest BCUT2D eigenvalue weighted by molar-refractivity contribution is 0.470. The molecule has 2 nitrogen and oxygen atoms in total. The van der Waals surface area contributed by atoms with Crippen LogP contribution in [0.3, 0.4) is 0 Å². The third-order valence-corrected chi connectivity index (χ3v) is 1.99. The van der Waals surface area contributed by atoms with E-state index >= 15 is 0 Å². The van der Waals surface area contributed by atoms with Crippen molar-refractivity contribution in [2.45, 2.75) is 12.8 Å². The van der Waals surface area contributed by atoms with Crippen LogP contribution in [0.15, 0.2) is 29.0 Å². The summed E-state index contributed by atoms with van der Waals surface area (Å²) in [6, 6.07) is 0. The molecule has 0 aliphatic carbocycles. The summed E-state index contributed by atoms with van der Waals surface area (Å²) in [5.41, 5.74) is 2.59. The summed E-state index contributed by atoms with van der Waals surface area (Å²) in [5, 5.41) is 0. The molecule has 0 unspecified atom stereocenters. The molecule has 0 radical (unpaired) electrons. The fraction of sp³-hybridized carbons (Fsp3) is 0.375. The average molecular weight is 134 g/mol. The molecule has 0 saturated carbocycles. The summed E-state index contributed by atoms with van der Waals surface area (Å²) in [6.45, 7) is 4.73. The van der Waals surface area contributed by atoms with Gasteiger partial charge in [-0.3, -0.25) is 4.99 Å². The van der Waals surface area contributed by atoms with Crippen molar-refractivity contribution in [3.63, 3.8) is 0 Å². The summed E-state index contributed by atoms with van der Waals surface area (Å²) >= 11 is 0. The Kier molecular flexibility index (Phi) is 1.13. The Morgan fingerprint density at radius 2 is 2.40 bits per heavy atom. The fourth-order valence-corrected chi connectivity index (χ4v) is 1.38. The summed E-state index contributed by atoms with van der Waals surface area (Å²) in [6.07, 6.45) is 6.20. The Balaban J connectivity index is 2.31. The van der Waals surface area contributed by atoms with E-state index in [1.54, 1.807) is 0 Å². The highest BCUT2D eigenvalue weighted by Crippen LogP contribution is 2.29. The van der Waals surface area contributed by atoms with Crippen LogP contribution in [-0.2, 0) is 0 Å². The summed E-state index contributed by atoms with van der Waals surface area (Å²) in [5.74, 6) is 0. The molecule has 52 valence electrons. The van der Waals surface area contributed by atoms with E-state index in [2.05, 4.69) is 22.5 Å². The Bertz CT molecular complexity index is 225. The van der Waals surface area contributed by atoms with Gasteiger partial charge < -0.3 is 4.90 Å². The fourth-order valence-electron chi connectivity index (χ4n) is 1.38. The molecule has 0 aromatic rings. The molecule has 10 heavy (non-hydrogen) atoms. The normalized spacial score (nSPS) is 23.0. The minimum atomic E-state index is 0.782. The third kappa shape index (κ3) is 0.685. The number of allylic oxidation sites excluding steroid dienone is 3. The molecule has 0 spiro atoms. The highest BCUT2D eigenvalue weighted by atomic mass is 15.2. The van der Waals surface area contributed by atoms with Crippen LogP contribution >= 0.6 is 0 Å². The molecule has 0 aromatic heterocycles. The number of fused-ring (bicyclic) bond motifs is 1. The molecule has 0 amide bonds. The number of aliphatic imine (C=N–C) groups is 1. The first-order chi connectivity index (χ1) is 4.88. The number of rotatable bonds is 0. The van der Waals surface area contributed by atoms with Gasteiger partial charge in [0, 0.05) is 17.6 Å². The highest BCUT2D eigenvalue weighted by molar-refractivity contribution is 5.73. The van der Waals surface area contributed by atoms with Gasteiger partial charge in [-0.05, 0) is 18.9 Å². The molecular formula is C8H10N2. The first-order valence-electron chi connectivity index (χ1n) is 3.52. The molecule has 2 heterocycles. The van der Waals surface area contributed by atoms with E-state index in [4.69, 9.17) is 0 Å². The zero-order valence-electron chi connectivity index (χ0n) is 5.88. The van der Waals surface area contributed by atoms with Crippen molar-refractivity contribution in [3.05, 3.63) is 24.0 Å². The Morgan fingerprint density at radius 3 is 3.20 bits per heavy atom. The van der Waals surface area contributed by atoms with Crippen molar-refractivity contribution in [3.8, 4) is 0 Å². The van der Waals surface area contributed by atoms with Gasteiger partial charge in [-0.1, -0.05) is 6.58 Å². The van der Waals surface area contributed by atoms with Crippen molar-refractivity contribution in [2.75, 3.05) is 6.67 Å². The smallest absolute Gasteiger partial charge is 0.114 e. The highest BCUT2D eigenvalue weighted by Gasteiger charge is 2.20. The minimum Gasteiger partial charge on any atom is -0.329 e. The van der Waals surface area contributed by atoms with E-state index in [1.807, 2.05) is 6.21 Å². The van der Waals surface area contributed by atoms with Gasteiger partial charge in [0.2, 0.25) is 0 Å². The van der Waals surface area contributed by atoms with Crippen molar-refractivity contribution < 1.29 is 0 Å². The Hall–Kier alpha value is -1.05. The second-order valence-electron chi connectivity index (χ2n) is 2.63. The predicted molar refractivity (Wildman–Crippen MR) is 41.7 cm³/mol. The van der Waals surface area contributed by atoms with E-state index in [0.717, 1.165) is 19.5 Å². The van der Waals surface area contributed by atoms with E-state index in [0.29, 0.717) is 0 Å². The van der Waals surface area contributed by atoms with Gasteiger partial charge in [0.05, 0.1) is 0 Å². The van der Waals surface area contributed by atoms with Gasteiger partial charge in [-0.2, -0.15) is 0 Å². The van der Waals surface area contributed by atoms with E-state index in [1.165, 1.54) is 11.4 Å². The summed E-state index contributed by atoms with van der Waals surface area (Å²) < 4.78 is 0. The molecular weight excluding hydrogens is 124 g/mol. The maximum atomic E-state index is 4.13. The van der Waals surface area contributed by atoms with Crippen LogP contribution in [-0.4, -0.2) is 17.8 Å². The number of hydrogen-bond acceptors (Lipinski definition) is 2. The van der Waals surface area contributed by atoms with Crippen LogP contribution in [0.4, 0.5) is 0 Å². The standard InChI is InChI=1S/C8H10N2/c1-7-2-3-8-4-5-9-6-10(7)8/h4-5H,1-3,6H2. The zero-order valence-corrected chi connectivity index (χ0v) is 5.88. The van der Waals surface area contributed by atoms with Crippen LogP contribution in [0.1, 0.15) is 12.8 Å². The van der Waals surface area contributed by atoms with Gasteiger partial charge in [-0.25, -0.2) is 0 Å². The molecule has 0 aromatic carbocycles. The van der Waals surface area contributed by atoms with Crippen molar-refractivity contribution >= 4 is 6.21 Å². The SMILES string of the molecule is C=C1CCC2=CC=NCN12. The first kappa shape index (κ1) is 5.71. The van der Waals surface area contributed by atoms with E-state index in [9.17, 15) is 0 Å². The topological polar surface area (TPSA) is 15.6 Å². The molecule has 1 saturated heterocycles. The predicted octanol–water partition coefficient (Wildman–Crippen LogP) is 1.52. The second-order valence-corrected chi connectivity index (χ2v) is 2.63. The van der Waals surface area contributed by atoms with Gasteiger partial charge in [-0.15, -0.1) is 0 Å². The molecule has 2 heteroatoms. The van der Waals surface area contributed by atoms with E-state index in [-0.39, 0.29) is 0 Å². The van der Waals surface area contributed by atoms with Crippen LogP contribution in [0.25, 0.3) is 0 Å². The Morgan fingerprint density at radius 1 is 1.50 bits per heavy atom. The number of nitrogens with zero attached hydrogens (tertiary/aromatic N) is 2. The van der Waals surface area contributed by atoms with Crippen LogP contribution < -0.4 is 0 Å². The van der Waals surface area contributed by atoms with Crippen molar-refractivity contribution in [2.24, 2.45) is 4.99 Å². The molecule has 2 aliphatic rings. The maximum absolute atomic E-state index is 4.13. The monoisotopic (exact) mass is 134 g/mol. The summed E-state index contributed by atoms with van der Waals surface area (Å²) in [7, 11) is 0. The van der Waals surface area contributed by atoms with Crippen molar-refractivity contribution in [1.82, 2.24) is 4.90 Å². The summed E-state index contributed by atoms with van der Waals surface area (Å²) in [4.78, 5) is 6.31. The van der Waals surface area contributed by atoms with Gasteiger partial charge in [0.15, 0.2) is 0 Å². The lowest BCUT2D eigenvalue weighted by Gasteiger charge is -2.20.